The average Bonchev–Trinajstić information content (AvgIpc) is 3.45. The maximum Gasteiger partial charge on any atom is 0.293 e. The van der Waals surface area contributed by atoms with Gasteiger partial charge >= 0.3 is 0 Å². The van der Waals surface area contributed by atoms with Crippen molar-refractivity contribution >= 4 is 21.4 Å². The number of rotatable bonds is 6. The van der Waals surface area contributed by atoms with Crippen molar-refractivity contribution in [3.05, 3.63) is 28.3 Å². The van der Waals surface area contributed by atoms with Gasteiger partial charge in [-0.15, -0.1) is 0 Å². The van der Waals surface area contributed by atoms with E-state index in [4.69, 9.17) is 0 Å². The van der Waals surface area contributed by atoms with Gasteiger partial charge in [-0.25, -0.2) is 8.42 Å². The van der Waals surface area contributed by atoms with E-state index in [2.05, 4.69) is 13.8 Å². The van der Waals surface area contributed by atoms with Gasteiger partial charge in [0.2, 0.25) is 10.0 Å². The lowest BCUT2D eigenvalue weighted by Gasteiger charge is -2.30. The molecule has 1 aromatic rings. The van der Waals surface area contributed by atoms with E-state index in [9.17, 15) is 18.5 Å². The molecule has 2 fully saturated rings. The van der Waals surface area contributed by atoms with Crippen molar-refractivity contribution in [3.63, 3.8) is 0 Å². The monoisotopic (exact) mass is 381 g/mol. The van der Waals surface area contributed by atoms with Gasteiger partial charge in [0, 0.05) is 32.2 Å². The molecule has 0 aromatic heterocycles. The van der Waals surface area contributed by atoms with Gasteiger partial charge < -0.3 is 4.90 Å². The molecule has 0 bridgehead atoms. The first-order chi connectivity index (χ1) is 12.2. The van der Waals surface area contributed by atoms with Gasteiger partial charge in [0.25, 0.3) is 5.69 Å². The summed E-state index contributed by atoms with van der Waals surface area (Å²) < 4.78 is 27.2. The molecule has 2 aliphatic rings. The molecule has 0 unspecified atom stereocenters. The van der Waals surface area contributed by atoms with E-state index >= 15 is 0 Å². The van der Waals surface area contributed by atoms with Crippen LogP contribution in [0.4, 0.5) is 11.4 Å². The second-order valence-electron chi connectivity index (χ2n) is 7.68. The number of sulfonamides is 1. The minimum atomic E-state index is -3.70. The first-order valence-electron chi connectivity index (χ1n) is 9.23. The van der Waals surface area contributed by atoms with Crippen LogP contribution in [0.2, 0.25) is 0 Å². The Balaban J connectivity index is 1.91. The number of anilines is 1. The number of hydrogen-bond acceptors (Lipinski definition) is 5. The molecule has 0 radical (unpaired) electrons. The van der Waals surface area contributed by atoms with Crippen molar-refractivity contribution in [1.82, 2.24) is 4.31 Å². The average molecular weight is 381 g/mol. The number of hydrogen-bond donors (Lipinski definition) is 0. The molecule has 7 nitrogen and oxygen atoms in total. The Morgan fingerprint density at radius 3 is 2.38 bits per heavy atom. The fraction of sp³-hybridized carbons (Fsp3) is 0.667. The summed E-state index contributed by atoms with van der Waals surface area (Å²) in [6.07, 6.45) is 3.92. The molecule has 1 saturated heterocycles. The van der Waals surface area contributed by atoms with Crippen LogP contribution in [0.1, 0.15) is 39.5 Å². The van der Waals surface area contributed by atoms with Crippen LogP contribution in [0.5, 0.6) is 0 Å². The first-order valence-corrected chi connectivity index (χ1v) is 10.7. The van der Waals surface area contributed by atoms with Crippen LogP contribution in [0.25, 0.3) is 0 Å². The predicted molar refractivity (Wildman–Crippen MR) is 101 cm³/mol. The molecule has 8 heteroatoms. The summed E-state index contributed by atoms with van der Waals surface area (Å²) in [6, 6.07) is 4.50. The lowest BCUT2D eigenvalue weighted by molar-refractivity contribution is -0.384. The summed E-state index contributed by atoms with van der Waals surface area (Å²) in [6.45, 7) is 5.11. The minimum absolute atomic E-state index is 0.00924. The molecule has 3 rings (SSSR count). The van der Waals surface area contributed by atoms with Crippen molar-refractivity contribution in [2.24, 2.45) is 11.8 Å². The van der Waals surface area contributed by atoms with E-state index in [0.29, 0.717) is 30.6 Å². The zero-order valence-electron chi connectivity index (χ0n) is 15.6. The highest BCUT2D eigenvalue weighted by Crippen LogP contribution is 2.39. The molecule has 1 aliphatic carbocycles. The highest BCUT2D eigenvalue weighted by Gasteiger charge is 2.34. The van der Waals surface area contributed by atoms with Crippen LogP contribution in [0.3, 0.4) is 0 Å². The van der Waals surface area contributed by atoms with Gasteiger partial charge in [-0.3, -0.25) is 10.1 Å². The number of piperidine rings is 1. The number of nitro groups is 1. The third-order valence-electron chi connectivity index (χ3n) is 5.82. The van der Waals surface area contributed by atoms with Gasteiger partial charge in [-0.1, -0.05) is 6.92 Å². The zero-order valence-corrected chi connectivity index (χ0v) is 16.4. The number of nitro benzene ring substituents is 1. The van der Waals surface area contributed by atoms with Crippen molar-refractivity contribution in [1.29, 1.82) is 0 Å². The lowest BCUT2D eigenvalue weighted by atomic mass is 10.0. The second kappa shape index (κ2) is 7.15. The minimum Gasteiger partial charge on any atom is -0.366 e. The maximum atomic E-state index is 12.9. The van der Waals surface area contributed by atoms with Crippen molar-refractivity contribution < 1.29 is 13.3 Å². The lowest BCUT2D eigenvalue weighted by Crippen LogP contribution is -2.38. The van der Waals surface area contributed by atoms with Crippen LogP contribution < -0.4 is 4.90 Å². The van der Waals surface area contributed by atoms with Gasteiger partial charge in [0.15, 0.2) is 0 Å². The summed E-state index contributed by atoms with van der Waals surface area (Å²) in [4.78, 5) is 13.0. The molecule has 1 aromatic carbocycles. The Labute approximate surface area is 155 Å². The SMILES string of the molecule is CC1CCN(S(=O)(=O)c2ccc(N(C)[C@@H](C)C3CC3)c([N+](=O)[O-])c2)CC1. The fourth-order valence-electron chi connectivity index (χ4n) is 3.60. The summed E-state index contributed by atoms with van der Waals surface area (Å²) >= 11 is 0. The molecule has 26 heavy (non-hydrogen) atoms. The topological polar surface area (TPSA) is 83.8 Å². The molecule has 1 heterocycles. The highest BCUT2D eigenvalue weighted by atomic mass is 32.2. The Morgan fingerprint density at radius 1 is 1.23 bits per heavy atom. The van der Waals surface area contributed by atoms with Gasteiger partial charge in [0.05, 0.1) is 9.82 Å². The fourth-order valence-corrected chi connectivity index (χ4v) is 5.09. The zero-order chi connectivity index (χ0) is 19.1. The molecule has 0 amide bonds. The van der Waals surface area contributed by atoms with Crippen LogP contribution in [-0.2, 0) is 10.0 Å². The third-order valence-corrected chi connectivity index (χ3v) is 7.71. The smallest absolute Gasteiger partial charge is 0.293 e. The summed E-state index contributed by atoms with van der Waals surface area (Å²) in [5.41, 5.74) is 0.326. The highest BCUT2D eigenvalue weighted by molar-refractivity contribution is 7.89. The Bertz CT molecular complexity index is 784. The van der Waals surface area contributed by atoms with E-state index in [1.807, 2.05) is 11.9 Å². The van der Waals surface area contributed by atoms with Crippen LogP contribution >= 0.6 is 0 Å². The largest absolute Gasteiger partial charge is 0.366 e. The molecule has 0 spiro atoms. The Kier molecular flexibility index (Phi) is 5.25. The molecular formula is C18H27N3O4S. The van der Waals surface area contributed by atoms with Gasteiger partial charge in [-0.05, 0) is 56.6 Å². The molecule has 1 aliphatic heterocycles. The quantitative estimate of drug-likeness (QED) is 0.558. The van der Waals surface area contributed by atoms with Crippen LogP contribution in [0, 0.1) is 22.0 Å². The predicted octanol–water partition coefficient (Wildman–Crippen LogP) is 3.25. The van der Waals surface area contributed by atoms with E-state index in [1.54, 1.807) is 6.07 Å². The van der Waals surface area contributed by atoms with Crippen molar-refractivity contribution in [3.8, 4) is 0 Å². The molecule has 0 N–H and O–H groups in total. The van der Waals surface area contributed by atoms with Gasteiger partial charge in [0.1, 0.15) is 5.69 Å². The normalized spacial score (nSPS) is 20.7. The van der Waals surface area contributed by atoms with E-state index in [0.717, 1.165) is 25.7 Å². The number of benzene rings is 1. The van der Waals surface area contributed by atoms with Crippen molar-refractivity contribution in [2.75, 3.05) is 25.0 Å². The Morgan fingerprint density at radius 2 is 1.85 bits per heavy atom. The van der Waals surface area contributed by atoms with Crippen LogP contribution in [-0.4, -0.2) is 43.8 Å². The summed E-state index contributed by atoms with van der Waals surface area (Å²) in [5.74, 6) is 1.06. The van der Waals surface area contributed by atoms with E-state index in [-0.39, 0.29) is 16.6 Å². The van der Waals surface area contributed by atoms with E-state index < -0.39 is 14.9 Å². The third kappa shape index (κ3) is 3.71. The van der Waals surface area contributed by atoms with Gasteiger partial charge in [-0.2, -0.15) is 4.31 Å². The first kappa shape index (κ1) is 19.1. The molecule has 144 valence electrons. The van der Waals surface area contributed by atoms with Crippen LogP contribution in [0.15, 0.2) is 23.1 Å². The van der Waals surface area contributed by atoms with E-state index in [1.165, 1.54) is 16.4 Å². The number of nitrogens with zero attached hydrogens (tertiary/aromatic N) is 3. The Hall–Kier alpha value is -1.67. The molecule has 1 atom stereocenters. The molecular weight excluding hydrogens is 354 g/mol. The van der Waals surface area contributed by atoms with Crippen molar-refractivity contribution in [2.45, 2.75) is 50.5 Å². The second-order valence-corrected chi connectivity index (χ2v) is 9.62. The standard InChI is InChI=1S/C18H27N3O4S/c1-13-8-10-20(11-9-13)26(24,25)16-6-7-17(18(12-16)21(22)23)19(3)14(2)15-4-5-15/h6-7,12-15H,4-5,8-11H2,1-3H3/t14-/m0/s1. The summed E-state index contributed by atoms with van der Waals surface area (Å²) in [7, 11) is -1.86. The molecule has 1 saturated carbocycles. The summed E-state index contributed by atoms with van der Waals surface area (Å²) in [5, 5.41) is 11.6. The maximum absolute atomic E-state index is 12.9.